The van der Waals surface area contributed by atoms with E-state index < -0.39 is 0 Å². The van der Waals surface area contributed by atoms with Crippen molar-refractivity contribution in [3.05, 3.63) is 42.5 Å². The van der Waals surface area contributed by atoms with E-state index in [4.69, 9.17) is 0 Å². The van der Waals surface area contributed by atoms with Gasteiger partial charge in [0.15, 0.2) is 0 Å². The fraction of sp³-hybridized carbons (Fsp3) is 0.333. The number of hydrogen-bond acceptors (Lipinski definition) is 4. The van der Waals surface area contributed by atoms with Gasteiger partial charge in [-0.2, -0.15) is 0 Å². The van der Waals surface area contributed by atoms with Crippen LogP contribution in [0.2, 0.25) is 0 Å². The highest BCUT2D eigenvalue weighted by atomic mass is 19.1. The second-order valence-corrected chi connectivity index (χ2v) is 5.05. The lowest BCUT2D eigenvalue weighted by Gasteiger charge is -2.13. The number of halogens is 1. The predicted molar refractivity (Wildman–Crippen MR) is 77.6 cm³/mol. The third-order valence-electron chi connectivity index (χ3n) is 3.49. The van der Waals surface area contributed by atoms with Crippen molar-refractivity contribution in [3.63, 3.8) is 0 Å². The van der Waals surface area contributed by atoms with Crippen LogP contribution in [0.3, 0.4) is 0 Å². The van der Waals surface area contributed by atoms with Crippen LogP contribution in [0.25, 0.3) is 0 Å². The first-order valence-corrected chi connectivity index (χ1v) is 6.91. The maximum Gasteiger partial charge on any atom is 0.135 e. The number of hydrogen-bond donors (Lipinski definition) is 2. The minimum absolute atomic E-state index is 0.248. The first-order chi connectivity index (χ1) is 9.79. The van der Waals surface area contributed by atoms with E-state index in [0.717, 1.165) is 11.5 Å². The van der Waals surface area contributed by atoms with E-state index in [-0.39, 0.29) is 5.82 Å². The highest BCUT2D eigenvalue weighted by Gasteiger charge is 2.15. The van der Waals surface area contributed by atoms with Gasteiger partial charge in [-0.15, -0.1) is 0 Å². The largest absolute Gasteiger partial charge is 0.367 e. The van der Waals surface area contributed by atoms with Gasteiger partial charge >= 0.3 is 0 Å². The Morgan fingerprint density at radius 2 is 1.70 bits per heavy atom. The summed E-state index contributed by atoms with van der Waals surface area (Å²) in [6.07, 6.45) is 6.49. The molecule has 0 unspecified atom stereocenters. The van der Waals surface area contributed by atoms with Crippen molar-refractivity contribution in [2.45, 2.75) is 31.7 Å². The van der Waals surface area contributed by atoms with Crippen LogP contribution in [0.1, 0.15) is 25.7 Å². The third-order valence-corrected chi connectivity index (χ3v) is 3.49. The topological polar surface area (TPSA) is 49.8 Å². The molecule has 0 aliphatic heterocycles. The van der Waals surface area contributed by atoms with E-state index in [1.165, 1.54) is 44.1 Å². The van der Waals surface area contributed by atoms with E-state index in [1.54, 1.807) is 12.1 Å². The van der Waals surface area contributed by atoms with E-state index in [1.807, 2.05) is 6.07 Å². The quantitative estimate of drug-likeness (QED) is 0.890. The van der Waals surface area contributed by atoms with Crippen molar-refractivity contribution >= 4 is 17.3 Å². The van der Waals surface area contributed by atoms with Crippen LogP contribution in [0, 0.1) is 5.82 Å². The predicted octanol–water partition coefficient (Wildman–Crippen LogP) is 3.71. The Morgan fingerprint density at radius 1 is 1.00 bits per heavy atom. The molecule has 0 atom stereocenters. The number of benzene rings is 1. The first-order valence-electron chi connectivity index (χ1n) is 6.91. The number of aromatic nitrogens is 2. The number of anilines is 3. The molecule has 1 aromatic carbocycles. The maximum atomic E-state index is 12.9. The summed E-state index contributed by atoms with van der Waals surface area (Å²) in [6.45, 7) is 0. The van der Waals surface area contributed by atoms with Gasteiger partial charge in [-0.05, 0) is 37.1 Å². The molecule has 1 aliphatic carbocycles. The van der Waals surface area contributed by atoms with Crippen LogP contribution in [0.15, 0.2) is 36.7 Å². The van der Waals surface area contributed by atoms with Gasteiger partial charge in [0.1, 0.15) is 23.8 Å². The third kappa shape index (κ3) is 3.23. The Labute approximate surface area is 117 Å². The normalized spacial score (nSPS) is 15.2. The van der Waals surface area contributed by atoms with Gasteiger partial charge in [0, 0.05) is 17.8 Å². The Bertz CT molecular complexity index is 564. The van der Waals surface area contributed by atoms with Gasteiger partial charge in [-0.1, -0.05) is 12.8 Å². The number of nitrogens with one attached hydrogen (secondary N) is 2. The smallest absolute Gasteiger partial charge is 0.135 e. The number of nitrogens with zero attached hydrogens (tertiary/aromatic N) is 2. The van der Waals surface area contributed by atoms with Crippen molar-refractivity contribution in [2.24, 2.45) is 0 Å². The van der Waals surface area contributed by atoms with Crippen LogP contribution < -0.4 is 10.6 Å². The average molecular weight is 272 g/mol. The molecule has 104 valence electrons. The monoisotopic (exact) mass is 272 g/mol. The zero-order valence-corrected chi connectivity index (χ0v) is 11.1. The SMILES string of the molecule is Fc1ccc(Nc2cc(NC3CCCC3)ncn2)cc1. The fourth-order valence-corrected chi connectivity index (χ4v) is 2.46. The lowest BCUT2D eigenvalue weighted by molar-refractivity contribution is 0.628. The van der Waals surface area contributed by atoms with Gasteiger partial charge in [0.2, 0.25) is 0 Å². The summed E-state index contributed by atoms with van der Waals surface area (Å²) in [5, 5.41) is 6.56. The minimum atomic E-state index is -0.248. The van der Waals surface area contributed by atoms with Crippen molar-refractivity contribution in [3.8, 4) is 0 Å². The van der Waals surface area contributed by atoms with Crippen LogP contribution in [0.4, 0.5) is 21.7 Å². The molecule has 4 nitrogen and oxygen atoms in total. The first kappa shape index (κ1) is 12.8. The highest BCUT2D eigenvalue weighted by molar-refractivity contribution is 5.58. The average Bonchev–Trinajstić information content (AvgIpc) is 2.95. The van der Waals surface area contributed by atoms with Crippen LogP contribution in [0.5, 0.6) is 0 Å². The molecular formula is C15H17FN4. The Hall–Kier alpha value is -2.17. The molecule has 1 saturated carbocycles. The molecule has 5 heteroatoms. The molecule has 1 fully saturated rings. The second kappa shape index (κ2) is 5.86. The molecule has 20 heavy (non-hydrogen) atoms. The molecule has 2 N–H and O–H groups in total. The molecule has 0 spiro atoms. The van der Waals surface area contributed by atoms with Crippen LogP contribution in [-0.4, -0.2) is 16.0 Å². The van der Waals surface area contributed by atoms with Gasteiger partial charge in [-0.3, -0.25) is 0 Å². The van der Waals surface area contributed by atoms with Crippen molar-refractivity contribution in [2.75, 3.05) is 10.6 Å². The van der Waals surface area contributed by atoms with Crippen LogP contribution >= 0.6 is 0 Å². The molecule has 3 rings (SSSR count). The summed E-state index contributed by atoms with van der Waals surface area (Å²) in [5.74, 6) is 1.28. The summed E-state index contributed by atoms with van der Waals surface area (Å²) >= 11 is 0. The summed E-state index contributed by atoms with van der Waals surface area (Å²) in [7, 11) is 0. The molecule has 1 heterocycles. The summed E-state index contributed by atoms with van der Waals surface area (Å²) in [5.41, 5.74) is 0.803. The molecule has 1 aliphatic rings. The zero-order chi connectivity index (χ0) is 13.8. The maximum absolute atomic E-state index is 12.9. The summed E-state index contributed by atoms with van der Waals surface area (Å²) in [4.78, 5) is 8.41. The second-order valence-electron chi connectivity index (χ2n) is 5.05. The molecule has 0 amide bonds. The van der Waals surface area contributed by atoms with Gasteiger partial charge in [-0.25, -0.2) is 14.4 Å². The van der Waals surface area contributed by atoms with Crippen molar-refractivity contribution in [1.29, 1.82) is 0 Å². The van der Waals surface area contributed by atoms with E-state index >= 15 is 0 Å². The Morgan fingerprint density at radius 3 is 2.45 bits per heavy atom. The fourth-order valence-electron chi connectivity index (χ4n) is 2.46. The molecule has 0 saturated heterocycles. The van der Waals surface area contributed by atoms with Crippen LogP contribution in [-0.2, 0) is 0 Å². The summed E-state index contributed by atoms with van der Waals surface area (Å²) < 4.78 is 12.9. The zero-order valence-electron chi connectivity index (χ0n) is 11.1. The van der Waals surface area contributed by atoms with Crippen molar-refractivity contribution in [1.82, 2.24) is 9.97 Å². The molecule has 0 bridgehead atoms. The van der Waals surface area contributed by atoms with E-state index in [0.29, 0.717) is 11.9 Å². The Balaban J connectivity index is 1.68. The highest BCUT2D eigenvalue weighted by Crippen LogP contribution is 2.22. The van der Waals surface area contributed by atoms with E-state index in [9.17, 15) is 4.39 Å². The molecule has 1 aromatic heterocycles. The summed E-state index contributed by atoms with van der Waals surface area (Å²) in [6, 6.07) is 8.59. The van der Waals surface area contributed by atoms with Gasteiger partial charge < -0.3 is 10.6 Å². The van der Waals surface area contributed by atoms with E-state index in [2.05, 4.69) is 20.6 Å². The van der Waals surface area contributed by atoms with Gasteiger partial charge in [0.05, 0.1) is 0 Å². The molecule has 2 aromatic rings. The number of rotatable bonds is 4. The van der Waals surface area contributed by atoms with Gasteiger partial charge in [0.25, 0.3) is 0 Å². The standard InChI is InChI=1S/C15H17FN4/c16-11-5-7-13(8-6-11)20-15-9-14(17-10-18-15)19-12-3-1-2-4-12/h5-10,12H,1-4H2,(H2,17,18,19,20). The molecular weight excluding hydrogens is 255 g/mol. The lowest BCUT2D eigenvalue weighted by Crippen LogP contribution is -2.15. The van der Waals surface area contributed by atoms with Crippen molar-refractivity contribution < 1.29 is 4.39 Å². The Kier molecular flexibility index (Phi) is 3.76. The lowest BCUT2D eigenvalue weighted by atomic mass is 10.2. The molecule has 0 radical (unpaired) electrons. The minimum Gasteiger partial charge on any atom is -0.367 e.